The summed E-state index contributed by atoms with van der Waals surface area (Å²) in [5, 5.41) is 8.59. The van der Waals surface area contributed by atoms with Crippen LogP contribution in [0.1, 0.15) is 22.6 Å². The average Bonchev–Trinajstić information content (AvgIpc) is 3.07. The van der Waals surface area contributed by atoms with E-state index in [1.165, 1.54) is 16.2 Å². The van der Waals surface area contributed by atoms with Crippen molar-refractivity contribution in [3.63, 3.8) is 0 Å². The zero-order valence-corrected chi connectivity index (χ0v) is 11.0. The van der Waals surface area contributed by atoms with Crippen molar-refractivity contribution in [2.45, 2.75) is 31.6 Å². The lowest BCUT2D eigenvalue weighted by atomic mass is 10.3. The molecule has 1 N–H and O–H groups in total. The van der Waals surface area contributed by atoms with E-state index in [1.807, 2.05) is 0 Å². The highest BCUT2D eigenvalue weighted by Crippen LogP contribution is 2.32. The highest BCUT2D eigenvalue weighted by Gasteiger charge is 2.38. The predicted octanol–water partition coefficient (Wildman–Crippen LogP) is 2.62. The molecule has 1 heterocycles. The van der Waals surface area contributed by atoms with Gasteiger partial charge in [0.15, 0.2) is 0 Å². The number of hydrogen-bond acceptors (Lipinski definition) is 3. The SMILES string of the molecule is OCC#Cc1ccc(CN(CC(F)(F)F)C2CC2)s1. The Labute approximate surface area is 113 Å². The summed E-state index contributed by atoms with van der Waals surface area (Å²) in [7, 11) is 0. The van der Waals surface area contributed by atoms with E-state index in [-0.39, 0.29) is 12.6 Å². The Kier molecular flexibility index (Phi) is 4.50. The van der Waals surface area contributed by atoms with Crippen LogP contribution in [-0.2, 0) is 6.54 Å². The van der Waals surface area contributed by atoms with Crippen molar-refractivity contribution in [1.82, 2.24) is 4.90 Å². The van der Waals surface area contributed by atoms with Crippen LogP contribution in [0.4, 0.5) is 13.2 Å². The molecule has 0 bridgehead atoms. The summed E-state index contributed by atoms with van der Waals surface area (Å²) in [4.78, 5) is 3.12. The highest BCUT2D eigenvalue weighted by atomic mass is 32.1. The molecule has 1 aliphatic rings. The zero-order valence-electron chi connectivity index (χ0n) is 10.2. The summed E-state index contributed by atoms with van der Waals surface area (Å²) in [6.45, 7) is -0.752. The third-order valence-electron chi connectivity index (χ3n) is 2.76. The van der Waals surface area contributed by atoms with E-state index < -0.39 is 12.7 Å². The Morgan fingerprint density at radius 3 is 2.68 bits per heavy atom. The predicted molar refractivity (Wildman–Crippen MR) is 67.8 cm³/mol. The van der Waals surface area contributed by atoms with E-state index in [2.05, 4.69) is 11.8 Å². The normalized spacial score (nSPS) is 15.4. The van der Waals surface area contributed by atoms with Crippen molar-refractivity contribution in [3.8, 4) is 11.8 Å². The van der Waals surface area contributed by atoms with E-state index in [0.717, 1.165) is 22.6 Å². The molecule has 104 valence electrons. The first-order chi connectivity index (χ1) is 8.98. The minimum atomic E-state index is -4.15. The molecule has 0 aromatic carbocycles. The fourth-order valence-electron chi connectivity index (χ4n) is 1.84. The molecule has 0 saturated heterocycles. The molecule has 1 saturated carbocycles. The number of aliphatic hydroxyl groups excluding tert-OH is 1. The number of nitrogens with zero attached hydrogens (tertiary/aromatic N) is 1. The third kappa shape index (κ3) is 4.86. The van der Waals surface area contributed by atoms with E-state index in [0.29, 0.717) is 6.54 Å². The van der Waals surface area contributed by atoms with Gasteiger partial charge < -0.3 is 5.11 Å². The van der Waals surface area contributed by atoms with Crippen LogP contribution in [0, 0.1) is 11.8 Å². The molecule has 1 aromatic rings. The van der Waals surface area contributed by atoms with E-state index >= 15 is 0 Å². The molecule has 0 aliphatic heterocycles. The smallest absolute Gasteiger partial charge is 0.384 e. The van der Waals surface area contributed by atoms with Crippen LogP contribution < -0.4 is 0 Å². The largest absolute Gasteiger partial charge is 0.401 e. The number of hydrogen-bond donors (Lipinski definition) is 1. The van der Waals surface area contributed by atoms with Crippen LogP contribution in [0.5, 0.6) is 0 Å². The monoisotopic (exact) mass is 289 g/mol. The number of aliphatic hydroxyl groups is 1. The first kappa shape index (κ1) is 14.4. The molecule has 0 unspecified atom stereocenters. The molecule has 0 radical (unpaired) electrons. The minimum Gasteiger partial charge on any atom is -0.384 e. The van der Waals surface area contributed by atoms with Gasteiger partial charge in [0.2, 0.25) is 0 Å². The lowest BCUT2D eigenvalue weighted by Gasteiger charge is -2.22. The van der Waals surface area contributed by atoms with Crippen LogP contribution in [0.2, 0.25) is 0 Å². The molecular weight excluding hydrogens is 275 g/mol. The van der Waals surface area contributed by atoms with Crippen molar-refractivity contribution in [1.29, 1.82) is 0 Å². The molecule has 1 aliphatic carbocycles. The van der Waals surface area contributed by atoms with Crippen LogP contribution in [0.15, 0.2) is 12.1 Å². The Bertz CT molecular complexity index is 482. The molecular formula is C13H14F3NOS. The van der Waals surface area contributed by atoms with Crippen molar-refractivity contribution < 1.29 is 18.3 Å². The zero-order chi connectivity index (χ0) is 13.9. The van der Waals surface area contributed by atoms with Gasteiger partial charge in [0, 0.05) is 17.5 Å². The van der Waals surface area contributed by atoms with Gasteiger partial charge in [0.25, 0.3) is 0 Å². The third-order valence-corrected chi connectivity index (χ3v) is 3.74. The van der Waals surface area contributed by atoms with Gasteiger partial charge >= 0.3 is 6.18 Å². The van der Waals surface area contributed by atoms with Crippen LogP contribution in [-0.4, -0.2) is 35.4 Å². The van der Waals surface area contributed by atoms with Crippen molar-refractivity contribution >= 4 is 11.3 Å². The molecule has 6 heteroatoms. The van der Waals surface area contributed by atoms with Crippen molar-refractivity contribution in [3.05, 3.63) is 21.9 Å². The Hall–Kier alpha value is -1.03. The molecule has 1 aromatic heterocycles. The van der Waals surface area contributed by atoms with Gasteiger partial charge in [-0.3, -0.25) is 4.90 Å². The van der Waals surface area contributed by atoms with Gasteiger partial charge in [-0.15, -0.1) is 11.3 Å². The fourth-order valence-corrected chi connectivity index (χ4v) is 2.75. The number of halogens is 3. The highest BCUT2D eigenvalue weighted by molar-refractivity contribution is 7.12. The summed E-state index contributed by atoms with van der Waals surface area (Å²) in [6.07, 6.45) is -2.46. The van der Waals surface area contributed by atoms with E-state index in [4.69, 9.17) is 5.11 Å². The Morgan fingerprint density at radius 2 is 2.11 bits per heavy atom. The van der Waals surface area contributed by atoms with Gasteiger partial charge in [-0.1, -0.05) is 11.8 Å². The molecule has 0 amide bonds. The van der Waals surface area contributed by atoms with Gasteiger partial charge in [0.05, 0.1) is 11.4 Å². The first-order valence-corrected chi connectivity index (χ1v) is 6.79. The molecule has 2 rings (SSSR count). The second-order valence-electron chi connectivity index (χ2n) is 4.48. The molecule has 1 fully saturated rings. The summed E-state index contributed by atoms with van der Waals surface area (Å²) in [6, 6.07) is 3.65. The van der Waals surface area contributed by atoms with Gasteiger partial charge in [-0.2, -0.15) is 13.2 Å². The second-order valence-corrected chi connectivity index (χ2v) is 5.65. The fraction of sp³-hybridized carbons (Fsp3) is 0.538. The van der Waals surface area contributed by atoms with E-state index in [9.17, 15) is 13.2 Å². The van der Waals surface area contributed by atoms with Gasteiger partial charge in [0.1, 0.15) is 6.61 Å². The summed E-state index contributed by atoms with van der Waals surface area (Å²) >= 11 is 1.38. The van der Waals surface area contributed by atoms with Crippen LogP contribution in [0.3, 0.4) is 0 Å². The summed E-state index contributed by atoms with van der Waals surface area (Å²) in [5.41, 5.74) is 0. The maximum atomic E-state index is 12.5. The molecule has 0 atom stereocenters. The van der Waals surface area contributed by atoms with E-state index in [1.54, 1.807) is 12.1 Å². The maximum absolute atomic E-state index is 12.5. The number of thiophene rings is 1. The van der Waals surface area contributed by atoms with Gasteiger partial charge in [-0.25, -0.2) is 0 Å². The van der Waals surface area contributed by atoms with Crippen LogP contribution in [0.25, 0.3) is 0 Å². The Balaban J connectivity index is 1.99. The van der Waals surface area contributed by atoms with Crippen molar-refractivity contribution in [2.75, 3.05) is 13.2 Å². The first-order valence-electron chi connectivity index (χ1n) is 5.97. The lowest BCUT2D eigenvalue weighted by molar-refractivity contribution is -0.148. The van der Waals surface area contributed by atoms with Gasteiger partial charge in [-0.05, 0) is 25.0 Å². The second kappa shape index (κ2) is 5.95. The number of alkyl halides is 3. The summed E-state index contributed by atoms with van der Waals surface area (Å²) < 4.78 is 37.4. The lowest BCUT2D eigenvalue weighted by Crippen LogP contribution is -2.35. The quantitative estimate of drug-likeness (QED) is 0.861. The summed E-state index contributed by atoms with van der Waals surface area (Å²) in [5.74, 6) is 5.29. The minimum absolute atomic E-state index is 0.0655. The maximum Gasteiger partial charge on any atom is 0.401 e. The molecule has 19 heavy (non-hydrogen) atoms. The Morgan fingerprint density at radius 1 is 1.37 bits per heavy atom. The topological polar surface area (TPSA) is 23.5 Å². The standard InChI is InChI=1S/C13H14F3NOS/c14-13(15,16)9-17(10-3-4-10)8-12-6-5-11(19-12)2-1-7-18/h5-6,10,18H,3-4,7-9H2. The molecule has 0 spiro atoms. The molecule has 2 nitrogen and oxygen atoms in total. The number of rotatable bonds is 4. The van der Waals surface area contributed by atoms with Crippen LogP contribution >= 0.6 is 11.3 Å². The van der Waals surface area contributed by atoms with Crippen molar-refractivity contribution in [2.24, 2.45) is 0 Å². The average molecular weight is 289 g/mol.